The molecule has 0 spiro atoms. The van der Waals surface area contributed by atoms with E-state index in [1.807, 2.05) is 0 Å². The van der Waals surface area contributed by atoms with Gasteiger partial charge < -0.3 is 19.7 Å². The van der Waals surface area contributed by atoms with Gasteiger partial charge in [-0.2, -0.15) is 0 Å². The van der Waals surface area contributed by atoms with Gasteiger partial charge in [-0.1, -0.05) is 0 Å². The molecule has 0 aromatic heterocycles. The van der Waals surface area contributed by atoms with E-state index in [4.69, 9.17) is 9.47 Å². The van der Waals surface area contributed by atoms with E-state index < -0.39 is 0 Å². The summed E-state index contributed by atoms with van der Waals surface area (Å²) < 4.78 is 11.1. The predicted octanol–water partition coefficient (Wildman–Crippen LogP) is 1.36. The summed E-state index contributed by atoms with van der Waals surface area (Å²) in [5, 5.41) is 3.38. The molecule has 0 aromatic carbocycles. The summed E-state index contributed by atoms with van der Waals surface area (Å²) in [6, 6.07) is 0. The molecular formula is C15H30N2O2. The van der Waals surface area contributed by atoms with Gasteiger partial charge in [-0.3, -0.25) is 0 Å². The van der Waals surface area contributed by atoms with E-state index in [0.717, 1.165) is 38.9 Å². The monoisotopic (exact) mass is 270 g/mol. The van der Waals surface area contributed by atoms with E-state index >= 15 is 0 Å². The topological polar surface area (TPSA) is 33.7 Å². The number of nitrogens with one attached hydrogen (secondary N) is 1. The lowest BCUT2D eigenvalue weighted by molar-refractivity contribution is -0.00895. The molecule has 2 aliphatic heterocycles. The fourth-order valence-corrected chi connectivity index (χ4v) is 3.60. The molecule has 2 fully saturated rings. The van der Waals surface area contributed by atoms with E-state index in [9.17, 15) is 0 Å². The lowest BCUT2D eigenvalue weighted by atomic mass is 9.79. The van der Waals surface area contributed by atoms with Crippen molar-refractivity contribution in [3.05, 3.63) is 0 Å². The van der Waals surface area contributed by atoms with Crippen LogP contribution in [0.1, 0.15) is 25.7 Å². The average molecular weight is 270 g/mol. The molecule has 0 aliphatic carbocycles. The Kier molecular flexibility index (Phi) is 6.07. The van der Waals surface area contributed by atoms with Gasteiger partial charge in [0.1, 0.15) is 0 Å². The van der Waals surface area contributed by atoms with Crippen LogP contribution in [0.2, 0.25) is 0 Å². The smallest absolute Gasteiger partial charge is 0.0506 e. The third-order valence-corrected chi connectivity index (χ3v) is 4.54. The molecule has 1 N–H and O–H groups in total. The molecule has 2 rings (SSSR count). The summed E-state index contributed by atoms with van der Waals surface area (Å²) in [6.07, 6.45) is 4.92. The molecule has 1 atom stereocenters. The van der Waals surface area contributed by atoms with E-state index in [-0.39, 0.29) is 0 Å². The third kappa shape index (κ3) is 4.71. The summed E-state index contributed by atoms with van der Waals surface area (Å²) in [5.41, 5.74) is 0.400. The minimum atomic E-state index is 0.400. The fraction of sp³-hybridized carbons (Fsp3) is 1.00. The maximum absolute atomic E-state index is 5.59. The van der Waals surface area contributed by atoms with E-state index in [1.54, 1.807) is 0 Å². The van der Waals surface area contributed by atoms with Gasteiger partial charge in [0.2, 0.25) is 0 Å². The van der Waals surface area contributed by atoms with Crippen LogP contribution in [-0.4, -0.2) is 65.1 Å². The van der Waals surface area contributed by atoms with Crippen LogP contribution in [0.3, 0.4) is 0 Å². The fourth-order valence-electron chi connectivity index (χ4n) is 3.60. The Hall–Kier alpha value is -0.160. The minimum absolute atomic E-state index is 0.400. The first-order valence-electron chi connectivity index (χ1n) is 7.73. The van der Waals surface area contributed by atoms with Crippen LogP contribution >= 0.6 is 0 Å². The first-order valence-corrected chi connectivity index (χ1v) is 7.73. The van der Waals surface area contributed by atoms with Crippen LogP contribution in [0, 0.1) is 11.3 Å². The summed E-state index contributed by atoms with van der Waals surface area (Å²) in [6.45, 7) is 7.19. The van der Waals surface area contributed by atoms with Crippen LogP contribution in [0.4, 0.5) is 0 Å². The number of ether oxygens (including phenoxy) is 2. The Bertz CT molecular complexity index is 243. The first-order chi connectivity index (χ1) is 9.24. The van der Waals surface area contributed by atoms with Crippen LogP contribution in [0.5, 0.6) is 0 Å². The van der Waals surface area contributed by atoms with Crippen LogP contribution in [0.15, 0.2) is 0 Å². The lowest BCUT2D eigenvalue weighted by Crippen LogP contribution is -2.47. The van der Waals surface area contributed by atoms with Gasteiger partial charge >= 0.3 is 0 Å². The molecule has 4 nitrogen and oxygen atoms in total. The molecule has 4 heteroatoms. The largest absolute Gasteiger partial charge is 0.381 e. The van der Waals surface area contributed by atoms with Crippen LogP contribution < -0.4 is 5.32 Å². The number of hydrogen-bond acceptors (Lipinski definition) is 4. The molecule has 2 heterocycles. The zero-order chi connectivity index (χ0) is 13.6. The van der Waals surface area contributed by atoms with Gasteiger partial charge in [0.15, 0.2) is 0 Å². The Morgan fingerprint density at radius 3 is 2.63 bits per heavy atom. The maximum Gasteiger partial charge on any atom is 0.0506 e. The third-order valence-electron chi connectivity index (χ3n) is 4.54. The van der Waals surface area contributed by atoms with Crippen molar-refractivity contribution in [3.63, 3.8) is 0 Å². The molecule has 112 valence electrons. The Morgan fingerprint density at radius 2 is 2.00 bits per heavy atom. The van der Waals surface area contributed by atoms with Crippen molar-refractivity contribution in [2.24, 2.45) is 11.3 Å². The van der Waals surface area contributed by atoms with Crippen molar-refractivity contribution in [1.82, 2.24) is 10.2 Å². The number of rotatable bonds is 6. The highest BCUT2D eigenvalue weighted by molar-refractivity contribution is 4.86. The normalized spacial score (nSPS) is 27.6. The Labute approximate surface area is 117 Å². The van der Waals surface area contributed by atoms with Gasteiger partial charge in [0, 0.05) is 39.5 Å². The van der Waals surface area contributed by atoms with Crippen molar-refractivity contribution >= 4 is 0 Å². The molecule has 19 heavy (non-hydrogen) atoms. The second kappa shape index (κ2) is 7.58. The molecule has 1 unspecified atom stereocenters. The lowest BCUT2D eigenvalue weighted by Gasteiger charge is -2.41. The van der Waals surface area contributed by atoms with Crippen LogP contribution in [-0.2, 0) is 9.47 Å². The standard InChI is InChI=1S/C15H30N2O2/c1-16-12-15(5-8-18-9-6-15)13-17(2)10-14-4-3-7-19-11-14/h14,16H,3-13H2,1-2H3. The molecule has 0 radical (unpaired) electrons. The van der Waals surface area contributed by atoms with Gasteiger partial charge in [0.25, 0.3) is 0 Å². The molecule has 0 amide bonds. The predicted molar refractivity (Wildman–Crippen MR) is 77.5 cm³/mol. The zero-order valence-electron chi connectivity index (χ0n) is 12.6. The van der Waals surface area contributed by atoms with Crippen molar-refractivity contribution in [3.8, 4) is 0 Å². The molecule has 2 saturated heterocycles. The summed E-state index contributed by atoms with van der Waals surface area (Å²) >= 11 is 0. The van der Waals surface area contributed by atoms with E-state index in [0.29, 0.717) is 5.41 Å². The van der Waals surface area contributed by atoms with Crippen LogP contribution in [0.25, 0.3) is 0 Å². The Morgan fingerprint density at radius 1 is 1.21 bits per heavy atom. The van der Waals surface area contributed by atoms with Gasteiger partial charge in [-0.15, -0.1) is 0 Å². The first kappa shape index (κ1) is 15.2. The number of hydrogen-bond donors (Lipinski definition) is 1. The van der Waals surface area contributed by atoms with Crippen molar-refractivity contribution in [2.75, 3.05) is 60.2 Å². The van der Waals surface area contributed by atoms with Gasteiger partial charge in [-0.05, 0) is 51.1 Å². The summed E-state index contributed by atoms with van der Waals surface area (Å²) in [7, 11) is 4.33. The summed E-state index contributed by atoms with van der Waals surface area (Å²) in [4.78, 5) is 2.52. The average Bonchev–Trinajstić information content (AvgIpc) is 2.40. The maximum atomic E-state index is 5.59. The van der Waals surface area contributed by atoms with Crippen molar-refractivity contribution in [2.45, 2.75) is 25.7 Å². The summed E-state index contributed by atoms with van der Waals surface area (Å²) in [5.74, 6) is 0.727. The molecular weight excluding hydrogens is 240 g/mol. The highest BCUT2D eigenvalue weighted by atomic mass is 16.5. The minimum Gasteiger partial charge on any atom is -0.381 e. The molecule has 0 saturated carbocycles. The van der Waals surface area contributed by atoms with Gasteiger partial charge in [0.05, 0.1) is 6.61 Å². The van der Waals surface area contributed by atoms with E-state index in [1.165, 1.54) is 38.8 Å². The van der Waals surface area contributed by atoms with Crippen molar-refractivity contribution < 1.29 is 9.47 Å². The Balaban J connectivity index is 1.81. The second-order valence-corrected chi connectivity index (χ2v) is 6.42. The quantitative estimate of drug-likeness (QED) is 0.790. The van der Waals surface area contributed by atoms with Crippen molar-refractivity contribution in [1.29, 1.82) is 0 Å². The molecule has 0 bridgehead atoms. The van der Waals surface area contributed by atoms with Gasteiger partial charge in [-0.25, -0.2) is 0 Å². The highest BCUT2D eigenvalue weighted by Gasteiger charge is 2.33. The molecule has 2 aliphatic rings. The number of nitrogens with zero attached hydrogens (tertiary/aromatic N) is 1. The highest BCUT2D eigenvalue weighted by Crippen LogP contribution is 2.31. The molecule has 0 aromatic rings. The second-order valence-electron chi connectivity index (χ2n) is 6.42. The SMILES string of the molecule is CNCC1(CN(C)CC2CCCOC2)CCOCC1. The van der Waals surface area contributed by atoms with E-state index in [2.05, 4.69) is 24.3 Å². The zero-order valence-corrected chi connectivity index (χ0v) is 12.6.